The van der Waals surface area contributed by atoms with Gasteiger partial charge in [0, 0.05) is 28.6 Å². The quantitative estimate of drug-likeness (QED) is 0.277. The number of H-pyrrole nitrogens is 1. The van der Waals surface area contributed by atoms with Gasteiger partial charge in [-0.05, 0) is 117 Å². The second-order valence-corrected chi connectivity index (χ2v) is 16.1. The number of hydrogen-bond acceptors (Lipinski definition) is 3. The third-order valence-corrected chi connectivity index (χ3v) is 12.9. The van der Waals surface area contributed by atoms with Crippen molar-refractivity contribution < 1.29 is 14.0 Å². The number of benzene rings is 1. The largest absolute Gasteiger partial charge is 0.467 e. The molecule has 0 radical (unpaired) electrons. The first-order valence-electron chi connectivity index (χ1n) is 17.4. The van der Waals surface area contributed by atoms with Crippen molar-refractivity contribution in [1.29, 1.82) is 0 Å². The van der Waals surface area contributed by atoms with E-state index in [9.17, 15) is 9.59 Å². The van der Waals surface area contributed by atoms with Crippen LogP contribution in [0.15, 0.2) is 47.1 Å². The summed E-state index contributed by atoms with van der Waals surface area (Å²) < 4.78 is 5.84. The summed E-state index contributed by atoms with van der Waals surface area (Å²) in [7, 11) is 0. The Morgan fingerprint density at radius 2 is 1.64 bits per heavy atom. The zero-order chi connectivity index (χ0) is 30.3. The molecule has 234 valence electrons. The number of carbonyl (C=O) groups excluding carboxylic acids is 2. The molecule has 6 heteroatoms. The molecule has 2 N–H and O–H groups in total. The number of aromatic nitrogens is 1. The highest BCUT2D eigenvalue weighted by Gasteiger charge is 2.61. The average molecular weight is 596 g/mol. The number of nitrogens with zero attached hydrogens (tertiary/aromatic N) is 1. The minimum absolute atomic E-state index is 0.00290. The molecule has 0 saturated heterocycles. The second kappa shape index (κ2) is 10.3. The van der Waals surface area contributed by atoms with E-state index in [1.807, 2.05) is 17.0 Å². The topological polar surface area (TPSA) is 78.3 Å². The number of rotatable bonds is 8. The van der Waals surface area contributed by atoms with Crippen molar-refractivity contribution in [2.24, 2.45) is 29.1 Å². The number of fused-ring (bicyclic) bond motifs is 1. The molecule has 0 spiro atoms. The number of para-hydroxylation sites is 1. The summed E-state index contributed by atoms with van der Waals surface area (Å²) in [6.07, 6.45) is 14.1. The molecule has 6 saturated carbocycles. The molecule has 44 heavy (non-hydrogen) atoms. The number of aryl methyl sites for hydroxylation is 1. The van der Waals surface area contributed by atoms with Crippen LogP contribution in [0.5, 0.6) is 0 Å². The third-order valence-electron chi connectivity index (χ3n) is 12.9. The molecule has 0 unspecified atom stereocenters. The van der Waals surface area contributed by atoms with E-state index >= 15 is 0 Å². The van der Waals surface area contributed by atoms with Crippen LogP contribution >= 0.6 is 0 Å². The number of aromatic amines is 1. The zero-order valence-corrected chi connectivity index (χ0v) is 26.8. The lowest BCUT2D eigenvalue weighted by Gasteiger charge is -2.58. The molecule has 6 aliphatic rings. The van der Waals surface area contributed by atoms with Gasteiger partial charge >= 0.3 is 0 Å². The van der Waals surface area contributed by atoms with Gasteiger partial charge in [0.05, 0.1) is 12.8 Å². The number of furan rings is 1. The fraction of sp³-hybridized carbons (Fsp3) is 0.632. The zero-order valence-electron chi connectivity index (χ0n) is 26.8. The lowest BCUT2D eigenvalue weighted by molar-refractivity contribution is -0.155. The summed E-state index contributed by atoms with van der Waals surface area (Å²) in [6, 6.07) is 12.4. The monoisotopic (exact) mass is 595 g/mol. The molecule has 6 fully saturated rings. The fourth-order valence-electron chi connectivity index (χ4n) is 11.1. The lowest BCUT2D eigenvalue weighted by Crippen LogP contribution is -2.67. The minimum atomic E-state index is -0.823. The molecule has 2 amide bonds. The van der Waals surface area contributed by atoms with Crippen LogP contribution in [0.25, 0.3) is 10.9 Å². The van der Waals surface area contributed by atoms with Gasteiger partial charge < -0.3 is 19.6 Å². The summed E-state index contributed by atoms with van der Waals surface area (Å²) in [5, 5.41) is 4.99. The standard InChI is InChI=1S/C38H49N3O3/c1-24-33(29-11-5-6-12-31(29)39-24)34-30(36(34,2)3)19-32(42)41(23-28-10-9-15-44-28)38(13-7-4-8-14-38)35(43)40-37-20-25-16-26(21-37)18-27(17-25)22-37/h5-6,9-12,15,25-27,30,34,39H,4,7-8,13-14,16-23H2,1-3H3,(H,40,43)/t25?,26?,27?,30-,34+,37?/m1/s1. The predicted octanol–water partition coefficient (Wildman–Crippen LogP) is 8.02. The van der Waals surface area contributed by atoms with Gasteiger partial charge in [0.1, 0.15) is 11.3 Å². The molecule has 2 aromatic heterocycles. The Bertz CT molecular complexity index is 1520. The van der Waals surface area contributed by atoms with Crippen molar-refractivity contribution in [3.63, 3.8) is 0 Å². The smallest absolute Gasteiger partial charge is 0.246 e. The summed E-state index contributed by atoms with van der Waals surface area (Å²) in [4.78, 5) is 35.1. The predicted molar refractivity (Wildman–Crippen MR) is 172 cm³/mol. The molecule has 2 atom stereocenters. The van der Waals surface area contributed by atoms with Gasteiger partial charge in [-0.1, -0.05) is 51.3 Å². The SMILES string of the molecule is Cc1[nH]c2ccccc2c1[C@@H]1[C@@H](CC(=O)N(Cc2ccco2)C2(C(=O)NC34CC5CC(CC(C5)C3)C4)CCCCC2)C1(C)C. The summed E-state index contributed by atoms with van der Waals surface area (Å²) >= 11 is 0. The molecular formula is C38H49N3O3. The van der Waals surface area contributed by atoms with Gasteiger partial charge in [-0.3, -0.25) is 9.59 Å². The van der Waals surface area contributed by atoms with Crippen LogP contribution in [0.3, 0.4) is 0 Å². The highest BCUT2D eigenvalue weighted by atomic mass is 16.3. The third kappa shape index (κ3) is 4.57. The summed E-state index contributed by atoms with van der Waals surface area (Å²) in [5.74, 6) is 3.75. The Hall–Kier alpha value is -3.02. The van der Waals surface area contributed by atoms with Crippen LogP contribution in [0.4, 0.5) is 0 Å². The van der Waals surface area contributed by atoms with Crippen molar-refractivity contribution in [3.8, 4) is 0 Å². The van der Waals surface area contributed by atoms with E-state index < -0.39 is 5.54 Å². The number of hydrogen-bond donors (Lipinski definition) is 2. The Morgan fingerprint density at radius 1 is 0.955 bits per heavy atom. The average Bonchev–Trinajstić information content (AvgIpc) is 3.35. The van der Waals surface area contributed by atoms with E-state index in [-0.39, 0.29) is 28.7 Å². The van der Waals surface area contributed by atoms with E-state index in [0.717, 1.165) is 80.4 Å². The summed E-state index contributed by atoms with van der Waals surface area (Å²) in [6.45, 7) is 7.13. The molecule has 3 aromatic rings. The first-order chi connectivity index (χ1) is 21.2. The first kappa shape index (κ1) is 28.5. The molecule has 4 bridgehead atoms. The molecule has 0 aliphatic heterocycles. The highest BCUT2D eigenvalue weighted by Crippen LogP contribution is 2.67. The molecule has 2 heterocycles. The van der Waals surface area contributed by atoms with Crippen LogP contribution in [-0.4, -0.2) is 32.8 Å². The first-order valence-corrected chi connectivity index (χ1v) is 17.4. The Kier molecular flexibility index (Phi) is 6.63. The van der Waals surface area contributed by atoms with Crippen LogP contribution in [0, 0.1) is 36.0 Å². The van der Waals surface area contributed by atoms with E-state index in [1.54, 1.807) is 6.26 Å². The van der Waals surface area contributed by atoms with Crippen molar-refractivity contribution in [1.82, 2.24) is 15.2 Å². The summed E-state index contributed by atoms with van der Waals surface area (Å²) in [5.41, 5.74) is 2.82. The number of nitrogens with one attached hydrogen (secondary N) is 2. The van der Waals surface area contributed by atoms with Gasteiger partial charge in [0.15, 0.2) is 0 Å². The van der Waals surface area contributed by atoms with Crippen LogP contribution < -0.4 is 5.32 Å². The fourth-order valence-corrected chi connectivity index (χ4v) is 11.1. The Labute approximate surface area is 261 Å². The number of amides is 2. The van der Waals surface area contributed by atoms with Gasteiger partial charge in [-0.2, -0.15) is 0 Å². The maximum Gasteiger partial charge on any atom is 0.246 e. The number of carbonyl (C=O) groups is 2. The lowest BCUT2D eigenvalue weighted by atomic mass is 9.53. The Balaban J connectivity index is 1.10. The van der Waals surface area contributed by atoms with Crippen LogP contribution in [-0.2, 0) is 16.1 Å². The van der Waals surface area contributed by atoms with Gasteiger partial charge in [-0.15, -0.1) is 0 Å². The van der Waals surface area contributed by atoms with Crippen LogP contribution in [0.2, 0.25) is 0 Å². The van der Waals surface area contributed by atoms with Crippen molar-refractivity contribution in [3.05, 3.63) is 59.7 Å². The van der Waals surface area contributed by atoms with Gasteiger partial charge in [0.2, 0.25) is 11.8 Å². The molecular weight excluding hydrogens is 546 g/mol. The normalized spacial score (nSPS) is 32.9. The van der Waals surface area contributed by atoms with E-state index in [1.165, 1.54) is 35.9 Å². The van der Waals surface area contributed by atoms with Crippen molar-refractivity contribution >= 4 is 22.7 Å². The molecule has 1 aromatic carbocycles. The Morgan fingerprint density at radius 3 is 2.30 bits per heavy atom. The second-order valence-electron chi connectivity index (χ2n) is 16.1. The van der Waals surface area contributed by atoms with Gasteiger partial charge in [-0.25, -0.2) is 0 Å². The maximum absolute atomic E-state index is 14.8. The van der Waals surface area contributed by atoms with Gasteiger partial charge in [0.25, 0.3) is 0 Å². The van der Waals surface area contributed by atoms with E-state index in [4.69, 9.17) is 4.42 Å². The molecule has 9 rings (SSSR count). The highest BCUT2D eigenvalue weighted by molar-refractivity contribution is 5.93. The molecule has 6 nitrogen and oxygen atoms in total. The van der Waals surface area contributed by atoms with Crippen molar-refractivity contribution in [2.75, 3.05) is 0 Å². The minimum Gasteiger partial charge on any atom is -0.467 e. The van der Waals surface area contributed by atoms with Crippen LogP contribution in [0.1, 0.15) is 114 Å². The molecule has 6 aliphatic carbocycles. The van der Waals surface area contributed by atoms with Crippen molar-refractivity contribution in [2.45, 2.75) is 121 Å². The van der Waals surface area contributed by atoms with E-state index in [2.05, 4.69) is 55.3 Å². The van der Waals surface area contributed by atoms with E-state index in [0.29, 0.717) is 18.9 Å². The maximum atomic E-state index is 14.8.